The smallest absolute Gasteiger partial charge is 0.283 e. The highest BCUT2D eigenvalue weighted by Crippen LogP contribution is 2.33. The van der Waals surface area contributed by atoms with Crippen molar-refractivity contribution in [1.82, 2.24) is 19.1 Å². The van der Waals surface area contributed by atoms with Crippen molar-refractivity contribution in [2.45, 2.75) is 37.5 Å². The Morgan fingerprint density at radius 1 is 1.09 bits per heavy atom. The van der Waals surface area contributed by atoms with E-state index in [1.165, 1.54) is 18.3 Å². The molecule has 172 valence electrons. The van der Waals surface area contributed by atoms with Crippen LogP contribution in [-0.2, 0) is 21.3 Å². The minimum absolute atomic E-state index is 0.143. The van der Waals surface area contributed by atoms with Crippen LogP contribution < -0.4 is 0 Å². The summed E-state index contributed by atoms with van der Waals surface area (Å²) in [5.41, 5.74) is 0.943. The highest BCUT2D eigenvalue weighted by molar-refractivity contribution is 7.90. The molecule has 0 aliphatic carbocycles. The molecule has 2 atom stereocenters. The van der Waals surface area contributed by atoms with E-state index in [0.29, 0.717) is 39.7 Å². The first-order valence-electron chi connectivity index (χ1n) is 10.6. The van der Waals surface area contributed by atoms with Gasteiger partial charge in [0.1, 0.15) is 5.76 Å². The van der Waals surface area contributed by atoms with Crippen molar-refractivity contribution in [3.8, 4) is 11.5 Å². The highest BCUT2D eigenvalue weighted by atomic mass is 35.5. The molecule has 2 unspecified atom stereocenters. The Bertz CT molecular complexity index is 1390. The fraction of sp³-hybridized carbons (Fsp3) is 0.304. The minimum atomic E-state index is -3.89. The van der Waals surface area contributed by atoms with E-state index < -0.39 is 10.0 Å². The largest absolute Gasteiger partial charge is 0.440 e. The molecule has 0 amide bonds. The molecule has 2 aromatic heterocycles. The Morgan fingerprint density at radius 2 is 1.82 bits per heavy atom. The molecule has 33 heavy (non-hydrogen) atoms. The van der Waals surface area contributed by atoms with Crippen molar-refractivity contribution in [3.05, 3.63) is 65.6 Å². The van der Waals surface area contributed by atoms with E-state index in [9.17, 15) is 8.42 Å². The lowest BCUT2D eigenvalue weighted by atomic mass is 10.1. The number of halogens is 1. The van der Waals surface area contributed by atoms with E-state index in [4.69, 9.17) is 20.8 Å². The van der Waals surface area contributed by atoms with Gasteiger partial charge in [0.25, 0.3) is 10.0 Å². The van der Waals surface area contributed by atoms with Crippen molar-refractivity contribution in [1.29, 1.82) is 0 Å². The van der Waals surface area contributed by atoms with E-state index >= 15 is 0 Å². The Balaban J connectivity index is 1.50. The van der Waals surface area contributed by atoms with E-state index in [2.05, 4.69) is 28.8 Å². The summed E-state index contributed by atoms with van der Waals surface area (Å²) < 4.78 is 39.1. The first-order valence-corrected chi connectivity index (χ1v) is 12.4. The Morgan fingerprint density at radius 3 is 2.55 bits per heavy atom. The summed E-state index contributed by atoms with van der Waals surface area (Å²) in [5, 5.41) is 5.11. The predicted molar refractivity (Wildman–Crippen MR) is 125 cm³/mol. The maximum atomic E-state index is 13.1. The van der Waals surface area contributed by atoms with E-state index in [-0.39, 0.29) is 17.1 Å². The fourth-order valence-corrected chi connectivity index (χ4v) is 5.76. The third kappa shape index (κ3) is 4.29. The second kappa shape index (κ2) is 8.57. The van der Waals surface area contributed by atoms with Crippen LogP contribution in [0.15, 0.2) is 64.2 Å². The van der Waals surface area contributed by atoms with Gasteiger partial charge < -0.3 is 9.15 Å². The summed E-state index contributed by atoms with van der Waals surface area (Å²) in [7, 11) is -3.89. The summed E-state index contributed by atoms with van der Waals surface area (Å²) in [6.45, 7) is 6.34. The van der Waals surface area contributed by atoms with Crippen LogP contribution in [-0.4, -0.2) is 52.8 Å². The molecule has 1 aliphatic heterocycles. The van der Waals surface area contributed by atoms with Crippen LogP contribution in [0.3, 0.4) is 0 Å². The van der Waals surface area contributed by atoms with E-state index in [1.54, 1.807) is 36.5 Å². The highest BCUT2D eigenvalue weighted by Gasteiger charge is 2.25. The molecule has 0 bridgehead atoms. The van der Waals surface area contributed by atoms with Gasteiger partial charge in [0, 0.05) is 29.1 Å². The van der Waals surface area contributed by atoms with Crippen molar-refractivity contribution >= 4 is 32.5 Å². The molecule has 1 fully saturated rings. The van der Waals surface area contributed by atoms with Gasteiger partial charge in [-0.3, -0.25) is 4.90 Å². The average Bonchev–Trinajstić information content (AvgIpc) is 3.40. The molecule has 4 aromatic rings. The molecule has 10 heteroatoms. The summed E-state index contributed by atoms with van der Waals surface area (Å²) >= 11 is 6.37. The van der Waals surface area contributed by atoms with Crippen molar-refractivity contribution < 1.29 is 17.6 Å². The standard InChI is InChI=1S/C23H23ClN4O4S/c1-15-12-27(13-16(2)31-15)14-18-10-25-23(32-18)20-8-17(24)9-22-21(20)11-26-28(22)33(29,30)19-6-4-3-5-7-19/h3-11,15-16H,12-14H2,1-2H3. The van der Waals surface area contributed by atoms with Gasteiger partial charge in [0.15, 0.2) is 0 Å². The molecule has 0 saturated carbocycles. The number of hydrogen-bond acceptors (Lipinski definition) is 7. The quantitative estimate of drug-likeness (QED) is 0.417. The summed E-state index contributed by atoms with van der Waals surface area (Å²) in [4.78, 5) is 6.85. The molecule has 2 aromatic carbocycles. The third-order valence-electron chi connectivity index (χ3n) is 5.55. The van der Waals surface area contributed by atoms with Gasteiger partial charge >= 0.3 is 0 Å². The van der Waals surface area contributed by atoms with Gasteiger partial charge in [-0.25, -0.2) is 4.98 Å². The lowest BCUT2D eigenvalue weighted by Gasteiger charge is -2.34. The molecule has 1 aliphatic rings. The monoisotopic (exact) mass is 486 g/mol. The molecular formula is C23H23ClN4O4S. The zero-order valence-electron chi connectivity index (χ0n) is 18.2. The SMILES string of the molecule is CC1CN(Cc2cnc(-c3cc(Cl)cc4c3cnn4S(=O)(=O)c3ccccc3)o2)CC(C)O1. The minimum Gasteiger partial charge on any atom is -0.440 e. The van der Waals surface area contributed by atoms with Gasteiger partial charge in [0.2, 0.25) is 5.89 Å². The number of morpholine rings is 1. The van der Waals surface area contributed by atoms with Gasteiger partial charge in [-0.05, 0) is 38.1 Å². The fourth-order valence-electron chi connectivity index (χ4n) is 4.27. The molecule has 8 nitrogen and oxygen atoms in total. The van der Waals surface area contributed by atoms with Crippen molar-refractivity contribution in [2.24, 2.45) is 0 Å². The maximum Gasteiger partial charge on any atom is 0.283 e. The Labute approximate surface area is 196 Å². The summed E-state index contributed by atoms with van der Waals surface area (Å²) in [5.74, 6) is 1.08. The first-order chi connectivity index (χ1) is 15.8. The van der Waals surface area contributed by atoms with Crippen molar-refractivity contribution in [2.75, 3.05) is 13.1 Å². The molecule has 5 rings (SSSR count). The lowest BCUT2D eigenvalue weighted by molar-refractivity contribution is -0.0718. The van der Waals surface area contributed by atoms with Crippen LogP contribution in [0.25, 0.3) is 22.4 Å². The zero-order chi connectivity index (χ0) is 23.2. The van der Waals surface area contributed by atoms with Gasteiger partial charge in [-0.1, -0.05) is 29.8 Å². The number of aromatic nitrogens is 3. The lowest BCUT2D eigenvalue weighted by Crippen LogP contribution is -2.44. The summed E-state index contributed by atoms with van der Waals surface area (Å²) in [6, 6.07) is 11.4. The first kappa shape index (κ1) is 22.1. The number of nitrogens with zero attached hydrogens (tertiary/aromatic N) is 4. The predicted octanol–water partition coefficient (Wildman–Crippen LogP) is 4.19. The molecule has 3 heterocycles. The van der Waals surface area contributed by atoms with Crippen LogP contribution in [0.5, 0.6) is 0 Å². The number of oxazole rings is 1. The maximum absolute atomic E-state index is 13.1. The van der Waals surface area contributed by atoms with Crippen LogP contribution in [0.1, 0.15) is 19.6 Å². The van der Waals surface area contributed by atoms with Crippen molar-refractivity contribution in [3.63, 3.8) is 0 Å². The Hall–Kier alpha value is -2.72. The van der Waals surface area contributed by atoms with Crippen LogP contribution >= 0.6 is 11.6 Å². The van der Waals surface area contributed by atoms with E-state index in [0.717, 1.165) is 17.2 Å². The molecule has 0 spiro atoms. The normalized spacial score (nSPS) is 19.8. The Kier molecular flexibility index (Phi) is 5.74. The zero-order valence-corrected chi connectivity index (χ0v) is 19.8. The van der Waals surface area contributed by atoms with Crippen LogP contribution in [0, 0.1) is 0 Å². The average molecular weight is 487 g/mol. The molecule has 0 N–H and O–H groups in total. The number of fused-ring (bicyclic) bond motifs is 1. The number of ether oxygens (including phenoxy) is 1. The van der Waals surface area contributed by atoms with E-state index in [1.807, 2.05) is 0 Å². The molecule has 1 saturated heterocycles. The number of benzene rings is 2. The van der Waals surface area contributed by atoms with Gasteiger partial charge in [-0.15, -0.1) is 0 Å². The third-order valence-corrected chi connectivity index (χ3v) is 7.38. The molecule has 0 radical (unpaired) electrons. The number of hydrogen-bond donors (Lipinski definition) is 0. The topological polar surface area (TPSA) is 90.5 Å². The van der Waals surface area contributed by atoms with Crippen LogP contribution in [0.2, 0.25) is 5.02 Å². The molecular weight excluding hydrogens is 464 g/mol. The van der Waals surface area contributed by atoms with Gasteiger partial charge in [-0.2, -0.15) is 17.6 Å². The van der Waals surface area contributed by atoms with Gasteiger partial charge in [0.05, 0.1) is 41.6 Å². The summed E-state index contributed by atoms with van der Waals surface area (Å²) in [6.07, 6.45) is 3.50. The second-order valence-corrected chi connectivity index (χ2v) is 10.5. The number of rotatable bonds is 5. The van der Waals surface area contributed by atoms with Crippen LogP contribution in [0.4, 0.5) is 0 Å². The second-order valence-electron chi connectivity index (χ2n) is 8.27.